The molecule has 1 aliphatic heterocycles. The topological polar surface area (TPSA) is 65.0 Å². The van der Waals surface area contributed by atoms with E-state index in [1.165, 1.54) is 16.7 Å². The summed E-state index contributed by atoms with van der Waals surface area (Å²) >= 11 is 0. The van der Waals surface area contributed by atoms with Crippen molar-refractivity contribution < 1.29 is 24.1 Å². The molecule has 0 saturated heterocycles. The first-order chi connectivity index (χ1) is 14.3. The number of ether oxygens (including phenoxy) is 3. The van der Waals surface area contributed by atoms with Gasteiger partial charge in [-0.25, -0.2) is 0 Å². The van der Waals surface area contributed by atoms with Crippen LogP contribution in [0.4, 0.5) is 0 Å². The molecule has 0 fully saturated rings. The van der Waals surface area contributed by atoms with Crippen molar-refractivity contribution in [3.63, 3.8) is 0 Å². The zero-order valence-electron chi connectivity index (χ0n) is 18.1. The summed E-state index contributed by atoms with van der Waals surface area (Å²) < 4.78 is 18.0. The molecule has 0 amide bonds. The van der Waals surface area contributed by atoms with Gasteiger partial charge in [0, 0.05) is 24.7 Å². The van der Waals surface area contributed by atoms with Gasteiger partial charge in [-0.3, -0.25) is 4.79 Å². The summed E-state index contributed by atoms with van der Waals surface area (Å²) in [6, 6.07) is 12.2. The highest BCUT2D eigenvalue weighted by molar-refractivity contribution is 5.68. The van der Waals surface area contributed by atoms with E-state index in [4.69, 9.17) is 19.3 Å². The first-order valence-corrected chi connectivity index (χ1v) is 10.6. The molecule has 2 aromatic rings. The predicted molar refractivity (Wildman–Crippen MR) is 114 cm³/mol. The number of carboxylic acid groups (broad SMARTS) is 1. The molecule has 4 rings (SSSR count). The number of carbonyl (C=O) groups is 1. The minimum atomic E-state index is -0.806. The van der Waals surface area contributed by atoms with Crippen LogP contribution < -0.4 is 9.47 Å². The van der Waals surface area contributed by atoms with Gasteiger partial charge in [0.15, 0.2) is 0 Å². The predicted octanol–water partition coefficient (Wildman–Crippen LogP) is 5.44. The largest absolute Gasteiger partial charge is 0.492 e. The van der Waals surface area contributed by atoms with Crippen molar-refractivity contribution in [2.24, 2.45) is 5.41 Å². The van der Waals surface area contributed by atoms with Crippen molar-refractivity contribution in [2.45, 2.75) is 58.2 Å². The van der Waals surface area contributed by atoms with E-state index in [0.29, 0.717) is 6.61 Å². The van der Waals surface area contributed by atoms with Gasteiger partial charge in [-0.2, -0.15) is 0 Å². The van der Waals surface area contributed by atoms with Crippen LogP contribution in [0.15, 0.2) is 36.4 Å². The van der Waals surface area contributed by atoms with Gasteiger partial charge < -0.3 is 19.3 Å². The van der Waals surface area contributed by atoms with Gasteiger partial charge >= 0.3 is 5.97 Å². The lowest BCUT2D eigenvalue weighted by Crippen LogP contribution is -2.21. The maximum absolute atomic E-state index is 11.0. The van der Waals surface area contributed by atoms with Crippen molar-refractivity contribution in [1.29, 1.82) is 0 Å². The Bertz CT molecular complexity index is 943. The second-order valence-corrected chi connectivity index (χ2v) is 9.35. The maximum atomic E-state index is 11.0. The molecule has 2 aliphatic rings. The molecular weight excluding hydrogens is 380 g/mol. The molecule has 1 heterocycles. The number of methoxy groups -OCH3 is 1. The van der Waals surface area contributed by atoms with E-state index < -0.39 is 5.97 Å². The van der Waals surface area contributed by atoms with Crippen molar-refractivity contribution >= 4 is 5.97 Å². The lowest BCUT2D eigenvalue weighted by molar-refractivity contribution is -0.137. The molecule has 0 spiro atoms. The smallest absolute Gasteiger partial charge is 0.304 e. The lowest BCUT2D eigenvalue weighted by Gasteiger charge is -2.31. The van der Waals surface area contributed by atoms with E-state index in [0.717, 1.165) is 29.9 Å². The molecule has 0 aromatic heterocycles. The molecule has 1 N–H and O–H groups in total. The van der Waals surface area contributed by atoms with E-state index in [1.807, 2.05) is 18.2 Å². The normalized spacial score (nSPS) is 20.9. The summed E-state index contributed by atoms with van der Waals surface area (Å²) in [5.41, 5.74) is 4.77. The van der Waals surface area contributed by atoms with Gasteiger partial charge in [0.2, 0.25) is 0 Å². The van der Waals surface area contributed by atoms with Crippen molar-refractivity contribution in [2.75, 3.05) is 13.7 Å². The van der Waals surface area contributed by atoms with Crippen molar-refractivity contribution in [3.05, 3.63) is 58.7 Å². The zero-order valence-corrected chi connectivity index (χ0v) is 18.1. The second kappa shape index (κ2) is 7.95. The SMILES string of the molecule is CO[C@@H](c1cccc2c1CC[C@H]2Oc1ccc2c(c1)OC[C@H]2CC(=O)O)C(C)(C)C. The van der Waals surface area contributed by atoms with Gasteiger partial charge in [0.05, 0.1) is 19.1 Å². The highest BCUT2D eigenvalue weighted by atomic mass is 16.5. The molecule has 0 unspecified atom stereocenters. The third kappa shape index (κ3) is 3.91. The molecule has 0 bridgehead atoms. The second-order valence-electron chi connectivity index (χ2n) is 9.35. The van der Waals surface area contributed by atoms with Gasteiger partial charge in [0.25, 0.3) is 0 Å². The molecule has 1 aliphatic carbocycles. The Morgan fingerprint density at radius 1 is 1.23 bits per heavy atom. The average molecular weight is 411 g/mol. The van der Waals surface area contributed by atoms with Crippen LogP contribution in [0.5, 0.6) is 11.5 Å². The molecular formula is C25H30O5. The standard InChI is InChI=1S/C25H30O5/c1-25(2,3)24(28-4)20-7-5-6-19-18(20)10-11-21(19)30-16-8-9-17-15(12-23(26)27)14-29-22(17)13-16/h5-9,13,15,21,24H,10-12,14H2,1-4H3,(H,26,27)/t15-,21-,24+/m1/s1. The van der Waals surface area contributed by atoms with Crippen LogP contribution in [0.2, 0.25) is 0 Å². The third-order valence-corrected chi connectivity index (χ3v) is 6.12. The lowest BCUT2D eigenvalue weighted by atomic mass is 9.82. The molecule has 2 aromatic carbocycles. The number of hydrogen-bond acceptors (Lipinski definition) is 4. The van der Waals surface area contributed by atoms with Gasteiger partial charge in [-0.05, 0) is 41.0 Å². The molecule has 3 atom stereocenters. The highest BCUT2D eigenvalue weighted by Gasteiger charge is 2.33. The van der Waals surface area contributed by atoms with E-state index in [9.17, 15) is 4.79 Å². The number of hydrogen-bond donors (Lipinski definition) is 1. The van der Waals surface area contributed by atoms with Crippen LogP contribution in [0.3, 0.4) is 0 Å². The van der Waals surface area contributed by atoms with Crippen LogP contribution in [-0.4, -0.2) is 24.8 Å². The van der Waals surface area contributed by atoms with E-state index >= 15 is 0 Å². The van der Waals surface area contributed by atoms with Crippen LogP contribution in [0.25, 0.3) is 0 Å². The fraction of sp³-hybridized carbons (Fsp3) is 0.480. The fourth-order valence-electron chi connectivity index (χ4n) is 4.83. The molecule has 0 radical (unpaired) electrons. The Balaban J connectivity index is 1.56. The Labute approximate surface area is 178 Å². The first-order valence-electron chi connectivity index (χ1n) is 10.6. The van der Waals surface area contributed by atoms with Gasteiger partial charge in [0.1, 0.15) is 17.6 Å². The minimum Gasteiger partial charge on any atom is -0.492 e. The van der Waals surface area contributed by atoms with Gasteiger partial charge in [-0.1, -0.05) is 45.0 Å². The maximum Gasteiger partial charge on any atom is 0.304 e. The van der Waals surface area contributed by atoms with Crippen LogP contribution in [0.1, 0.15) is 74.0 Å². The number of rotatable bonds is 6. The molecule has 160 valence electrons. The monoisotopic (exact) mass is 410 g/mol. The summed E-state index contributed by atoms with van der Waals surface area (Å²) in [6.45, 7) is 7.01. The quantitative estimate of drug-likeness (QED) is 0.687. The Morgan fingerprint density at radius 2 is 2.03 bits per heavy atom. The summed E-state index contributed by atoms with van der Waals surface area (Å²) in [5, 5.41) is 9.08. The minimum absolute atomic E-state index is 0.00658. The van der Waals surface area contributed by atoms with Crippen LogP contribution in [0, 0.1) is 5.41 Å². The van der Waals surface area contributed by atoms with E-state index in [-0.39, 0.29) is 30.0 Å². The van der Waals surface area contributed by atoms with Gasteiger partial charge in [-0.15, -0.1) is 0 Å². The van der Waals surface area contributed by atoms with Crippen LogP contribution >= 0.6 is 0 Å². The highest BCUT2D eigenvalue weighted by Crippen LogP contribution is 2.45. The van der Waals surface area contributed by atoms with E-state index in [1.54, 1.807) is 7.11 Å². The number of aliphatic carboxylic acids is 1. The van der Waals surface area contributed by atoms with E-state index in [2.05, 4.69) is 39.0 Å². The molecule has 30 heavy (non-hydrogen) atoms. The van der Waals surface area contributed by atoms with Crippen LogP contribution in [-0.2, 0) is 16.0 Å². The number of carboxylic acids is 1. The number of fused-ring (bicyclic) bond motifs is 2. The first kappa shape index (κ1) is 20.7. The molecule has 5 nitrogen and oxygen atoms in total. The Morgan fingerprint density at radius 3 is 2.73 bits per heavy atom. The average Bonchev–Trinajstić information content (AvgIpc) is 3.26. The van der Waals surface area contributed by atoms with Crippen molar-refractivity contribution in [1.82, 2.24) is 0 Å². The molecule has 5 heteroatoms. The number of benzene rings is 2. The Kier molecular flexibility index (Phi) is 5.49. The summed E-state index contributed by atoms with van der Waals surface area (Å²) in [7, 11) is 1.78. The van der Waals surface area contributed by atoms with Crippen molar-refractivity contribution in [3.8, 4) is 11.5 Å². The summed E-state index contributed by atoms with van der Waals surface area (Å²) in [4.78, 5) is 11.0. The Hall–Kier alpha value is -2.53. The summed E-state index contributed by atoms with van der Waals surface area (Å²) in [6.07, 6.45) is 2.00. The molecule has 0 saturated carbocycles. The fourth-order valence-corrected chi connectivity index (χ4v) is 4.83. The third-order valence-electron chi connectivity index (χ3n) is 6.12. The zero-order chi connectivity index (χ0) is 21.5. The summed E-state index contributed by atoms with van der Waals surface area (Å²) in [5.74, 6) is 0.592.